The summed E-state index contributed by atoms with van der Waals surface area (Å²) in [6.07, 6.45) is 3.47. The highest BCUT2D eigenvalue weighted by Crippen LogP contribution is 2.32. The summed E-state index contributed by atoms with van der Waals surface area (Å²) in [6, 6.07) is 15.2. The Hall–Kier alpha value is -3.45. The van der Waals surface area contributed by atoms with Crippen LogP contribution in [-0.2, 0) is 11.3 Å². The monoisotopic (exact) mass is 433 g/mol. The van der Waals surface area contributed by atoms with Crippen molar-refractivity contribution in [3.63, 3.8) is 0 Å². The van der Waals surface area contributed by atoms with E-state index in [1.165, 1.54) is 16.9 Å². The van der Waals surface area contributed by atoms with Crippen molar-refractivity contribution in [1.29, 1.82) is 0 Å². The van der Waals surface area contributed by atoms with Crippen LogP contribution in [0.4, 0.5) is 5.13 Å². The van der Waals surface area contributed by atoms with E-state index in [4.69, 9.17) is 14.5 Å². The molecule has 0 atom stereocenters. The smallest absolute Gasteiger partial charge is 0.267 e. The summed E-state index contributed by atoms with van der Waals surface area (Å²) in [7, 11) is 1.59. The van der Waals surface area contributed by atoms with Gasteiger partial charge in [-0.25, -0.2) is 4.98 Å². The molecule has 0 radical (unpaired) electrons. The highest BCUT2D eigenvalue weighted by atomic mass is 32.1. The van der Waals surface area contributed by atoms with Gasteiger partial charge < -0.3 is 9.47 Å². The largest absolute Gasteiger partial charge is 0.497 e. The van der Waals surface area contributed by atoms with Crippen molar-refractivity contribution in [2.45, 2.75) is 20.4 Å². The number of methoxy groups -OCH3 is 1. The molecule has 7 heteroatoms. The number of rotatable bonds is 7. The number of fused-ring (bicyclic) bond motifs is 1. The predicted octanol–water partition coefficient (Wildman–Crippen LogP) is 4.93. The Morgan fingerprint density at radius 2 is 1.94 bits per heavy atom. The first kappa shape index (κ1) is 20.8. The zero-order chi connectivity index (χ0) is 21.8. The fraction of sp³-hybridized carbons (Fsp3) is 0.208. The zero-order valence-electron chi connectivity index (χ0n) is 17.7. The van der Waals surface area contributed by atoms with Crippen LogP contribution in [0.15, 0.2) is 60.9 Å². The van der Waals surface area contributed by atoms with Crippen LogP contribution in [0.3, 0.4) is 0 Å². The van der Waals surface area contributed by atoms with E-state index in [9.17, 15) is 4.79 Å². The Balaban J connectivity index is 1.62. The molecule has 0 aliphatic carbocycles. The zero-order valence-corrected chi connectivity index (χ0v) is 18.5. The average molecular weight is 434 g/mol. The number of carbonyl (C=O) groups excluding carboxylic acids is 1. The molecule has 4 aromatic rings. The molecule has 158 valence electrons. The summed E-state index contributed by atoms with van der Waals surface area (Å²) >= 11 is 1.51. The van der Waals surface area contributed by atoms with Gasteiger partial charge in [0.1, 0.15) is 11.5 Å². The van der Waals surface area contributed by atoms with E-state index >= 15 is 0 Å². The summed E-state index contributed by atoms with van der Waals surface area (Å²) in [5.41, 5.74) is 4.11. The Morgan fingerprint density at radius 3 is 2.71 bits per heavy atom. The maximum Gasteiger partial charge on any atom is 0.267 e. The summed E-state index contributed by atoms with van der Waals surface area (Å²) in [4.78, 5) is 23.8. The lowest BCUT2D eigenvalue weighted by Gasteiger charge is -2.20. The number of pyridine rings is 1. The third-order valence-corrected chi connectivity index (χ3v) is 5.84. The van der Waals surface area contributed by atoms with E-state index in [2.05, 4.69) is 24.0 Å². The third-order valence-electron chi connectivity index (χ3n) is 4.82. The van der Waals surface area contributed by atoms with Gasteiger partial charge in [0.05, 0.1) is 23.9 Å². The quantitative estimate of drug-likeness (QED) is 0.414. The molecule has 0 saturated heterocycles. The first-order valence-corrected chi connectivity index (χ1v) is 10.7. The lowest BCUT2D eigenvalue weighted by atomic mass is 10.1. The van der Waals surface area contributed by atoms with Crippen molar-refractivity contribution < 1.29 is 14.3 Å². The van der Waals surface area contributed by atoms with Crippen LogP contribution in [-0.4, -0.2) is 29.6 Å². The van der Waals surface area contributed by atoms with E-state index < -0.39 is 0 Å². The van der Waals surface area contributed by atoms with Crippen molar-refractivity contribution in [2.75, 3.05) is 18.6 Å². The molecule has 0 fully saturated rings. The summed E-state index contributed by atoms with van der Waals surface area (Å²) < 4.78 is 12.0. The first-order chi connectivity index (χ1) is 15.0. The SMILES string of the molecule is COc1cccc(OCC(=O)N(Cc2cccnc2)c2nc3c(C)cc(C)cc3s2)c1. The fourth-order valence-corrected chi connectivity index (χ4v) is 4.48. The number of carbonyl (C=O) groups is 1. The van der Waals surface area contributed by atoms with Crippen LogP contribution in [0.25, 0.3) is 10.2 Å². The maximum atomic E-state index is 13.2. The molecule has 31 heavy (non-hydrogen) atoms. The fourth-order valence-electron chi connectivity index (χ4n) is 3.33. The van der Waals surface area contributed by atoms with Crippen molar-refractivity contribution in [2.24, 2.45) is 0 Å². The number of nitrogens with zero attached hydrogens (tertiary/aromatic N) is 3. The number of aromatic nitrogens is 2. The number of hydrogen-bond acceptors (Lipinski definition) is 6. The number of amides is 1. The maximum absolute atomic E-state index is 13.2. The van der Waals surface area contributed by atoms with Gasteiger partial charge in [-0.15, -0.1) is 0 Å². The predicted molar refractivity (Wildman–Crippen MR) is 123 cm³/mol. The number of hydrogen-bond donors (Lipinski definition) is 0. The topological polar surface area (TPSA) is 64.6 Å². The first-order valence-electron chi connectivity index (χ1n) is 9.87. The molecular formula is C24H23N3O3S. The Kier molecular flexibility index (Phi) is 6.13. The van der Waals surface area contributed by atoms with Crippen LogP contribution in [0, 0.1) is 13.8 Å². The van der Waals surface area contributed by atoms with Crippen molar-refractivity contribution in [3.05, 3.63) is 77.6 Å². The normalized spacial score (nSPS) is 10.8. The second kappa shape index (κ2) is 9.14. The molecular weight excluding hydrogens is 410 g/mol. The molecule has 0 bridgehead atoms. The van der Waals surface area contributed by atoms with Gasteiger partial charge in [-0.05, 0) is 54.8 Å². The highest BCUT2D eigenvalue weighted by Gasteiger charge is 2.21. The lowest BCUT2D eigenvalue weighted by Crippen LogP contribution is -2.34. The minimum Gasteiger partial charge on any atom is -0.497 e. The minimum atomic E-state index is -0.180. The Labute approximate surface area is 185 Å². The van der Waals surface area contributed by atoms with Gasteiger partial charge in [0.15, 0.2) is 11.7 Å². The van der Waals surface area contributed by atoms with Crippen LogP contribution in [0.5, 0.6) is 11.5 Å². The molecule has 0 unspecified atom stereocenters. The molecule has 2 aromatic heterocycles. The molecule has 1 amide bonds. The summed E-state index contributed by atoms with van der Waals surface area (Å²) in [5, 5.41) is 0.645. The third kappa shape index (κ3) is 4.83. The molecule has 0 aliphatic heterocycles. The molecule has 0 spiro atoms. The van der Waals surface area contributed by atoms with Gasteiger partial charge in [0, 0.05) is 18.5 Å². The van der Waals surface area contributed by atoms with Crippen molar-refractivity contribution in [3.8, 4) is 11.5 Å². The minimum absolute atomic E-state index is 0.110. The van der Waals surface area contributed by atoms with Crippen molar-refractivity contribution in [1.82, 2.24) is 9.97 Å². The number of thiazole rings is 1. The van der Waals surface area contributed by atoms with Gasteiger partial charge >= 0.3 is 0 Å². The van der Waals surface area contributed by atoms with E-state index in [0.29, 0.717) is 23.2 Å². The van der Waals surface area contributed by atoms with Gasteiger partial charge in [-0.3, -0.25) is 14.7 Å². The average Bonchev–Trinajstić information content (AvgIpc) is 3.20. The number of anilines is 1. The molecule has 0 aliphatic rings. The van der Waals surface area contributed by atoms with Crippen LogP contribution >= 0.6 is 11.3 Å². The molecule has 4 rings (SSSR count). The molecule has 2 aromatic carbocycles. The van der Waals surface area contributed by atoms with Crippen LogP contribution in [0.1, 0.15) is 16.7 Å². The number of benzene rings is 2. The summed E-state index contributed by atoms with van der Waals surface area (Å²) in [5.74, 6) is 1.07. The molecule has 2 heterocycles. The Morgan fingerprint density at radius 1 is 1.10 bits per heavy atom. The second-order valence-corrected chi connectivity index (χ2v) is 8.24. The number of aryl methyl sites for hydroxylation is 2. The molecule has 0 saturated carbocycles. The van der Waals surface area contributed by atoms with Crippen LogP contribution < -0.4 is 14.4 Å². The van der Waals surface area contributed by atoms with Crippen molar-refractivity contribution >= 4 is 32.6 Å². The number of ether oxygens (including phenoxy) is 2. The van der Waals surface area contributed by atoms with Gasteiger partial charge in [-0.1, -0.05) is 29.5 Å². The van der Waals surface area contributed by atoms with E-state index in [0.717, 1.165) is 21.3 Å². The highest BCUT2D eigenvalue weighted by molar-refractivity contribution is 7.22. The molecule has 6 nitrogen and oxygen atoms in total. The Bertz CT molecular complexity index is 1210. The van der Waals surface area contributed by atoms with E-state index in [-0.39, 0.29) is 12.5 Å². The standard InChI is InChI=1S/C24H23N3O3S/c1-16-10-17(2)23-21(11-16)31-24(26-23)27(14-18-6-5-9-25-13-18)22(28)15-30-20-8-4-7-19(12-20)29-3/h4-13H,14-15H2,1-3H3. The van der Waals surface area contributed by atoms with E-state index in [1.54, 1.807) is 36.5 Å². The van der Waals surface area contributed by atoms with Gasteiger partial charge in [0.2, 0.25) is 0 Å². The van der Waals surface area contributed by atoms with Gasteiger partial charge in [0.25, 0.3) is 5.91 Å². The van der Waals surface area contributed by atoms with Crippen LogP contribution in [0.2, 0.25) is 0 Å². The van der Waals surface area contributed by atoms with Gasteiger partial charge in [-0.2, -0.15) is 0 Å². The lowest BCUT2D eigenvalue weighted by molar-refractivity contribution is -0.120. The second-order valence-electron chi connectivity index (χ2n) is 7.23. The van der Waals surface area contributed by atoms with E-state index in [1.807, 2.05) is 31.2 Å². The summed E-state index contributed by atoms with van der Waals surface area (Å²) in [6.45, 7) is 4.36. The molecule has 0 N–H and O–H groups in total.